The largest absolute Gasteiger partial charge is 0.493 e. The number of ether oxygens (including phenoxy) is 1. The molecule has 0 amide bonds. The van der Waals surface area contributed by atoms with Gasteiger partial charge in [0.05, 0.1) is 13.2 Å². The van der Waals surface area contributed by atoms with Gasteiger partial charge in [0.2, 0.25) is 0 Å². The van der Waals surface area contributed by atoms with E-state index in [1.807, 2.05) is 25.1 Å². The third-order valence-electron chi connectivity index (χ3n) is 3.98. The summed E-state index contributed by atoms with van der Waals surface area (Å²) in [6.45, 7) is 5.58. The molecule has 2 aromatic carbocycles. The van der Waals surface area contributed by atoms with Crippen molar-refractivity contribution in [3.05, 3.63) is 71.5 Å². The zero-order valence-corrected chi connectivity index (χ0v) is 15.5. The van der Waals surface area contributed by atoms with Crippen molar-refractivity contribution in [1.29, 1.82) is 0 Å². The molecule has 0 aliphatic carbocycles. The molecule has 130 valence electrons. The fourth-order valence-electron chi connectivity index (χ4n) is 2.56. The Morgan fingerprint density at radius 2 is 1.80 bits per heavy atom. The van der Waals surface area contributed by atoms with Crippen LogP contribution in [-0.4, -0.2) is 27.1 Å². The number of aromatic nitrogens is 3. The van der Waals surface area contributed by atoms with Gasteiger partial charge in [-0.1, -0.05) is 61.2 Å². The molecule has 0 bridgehead atoms. The molecule has 0 radical (unpaired) electrons. The molecule has 3 aromatic rings. The van der Waals surface area contributed by atoms with Crippen molar-refractivity contribution in [2.24, 2.45) is 0 Å². The predicted octanol–water partition coefficient (Wildman–Crippen LogP) is 4.37. The monoisotopic (exact) mass is 353 g/mol. The molecule has 0 aliphatic rings. The molecule has 0 saturated carbocycles. The van der Waals surface area contributed by atoms with Gasteiger partial charge in [0.1, 0.15) is 11.6 Å². The number of benzene rings is 2. The average molecular weight is 353 g/mol. The number of aryl methyl sites for hydroxylation is 2. The molecule has 0 N–H and O–H groups in total. The van der Waals surface area contributed by atoms with Crippen LogP contribution >= 0.6 is 11.8 Å². The minimum atomic E-state index is 0.648. The van der Waals surface area contributed by atoms with E-state index >= 15 is 0 Å². The summed E-state index contributed by atoms with van der Waals surface area (Å²) in [5, 5.41) is 9.47. The van der Waals surface area contributed by atoms with Crippen LogP contribution in [-0.2, 0) is 13.0 Å². The van der Waals surface area contributed by atoms with Crippen molar-refractivity contribution in [2.45, 2.75) is 32.0 Å². The van der Waals surface area contributed by atoms with Gasteiger partial charge in [0, 0.05) is 5.75 Å². The molecule has 0 aliphatic heterocycles. The van der Waals surface area contributed by atoms with Crippen LogP contribution in [0.15, 0.2) is 59.8 Å². The molecule has 0 atom stereocenters. The first kappa shape index (κ1) is 17.5. The fraction of sp³-hybridized carbons (Fsp3) is 0.300. The second-order valence-corrected chi connectivity index (χ2v) is 6.86. The first-order chi connectivity index (χ1) is 12.3. The number of hydrogen-bond acceptors (Lipinski definition) is 4. The van der Waals surface area contributed by atoms with E-state index in [-0.39, 0.29) is 0 Å². The van der Waals surface area contributed by atoms with Crippen LogP contribution in [0.4, 0.5) is 0 Å². The molecule has 3 rings (SSSR count). The van der Waals surface area contributed by atoms with Gasteiger partial charge in [-0.3, -0.25) is 0 Å². The predicted molar refractivity (Wildman–Crippen MR) is 102 cm³/mol. The van der Waals surface area contributed by atoms with Crippen LogP contribution in [0.25, 0.3) is 0 Å². The number of hydrogen-bond donors (Lipinski definition) is 0. The van der Waals surface area contributed by atoms with E-state index in [4.69, 9.17) is 4.74 Å². The van der Waals surface area contributed by atoms with Crippen molar-refractivity contribution in [3.8, 4) is 5.75 Å². The zero-order chi connectivity index (χ0) is 17.5. The van der Waals surface area contributed by atoms with Crippen LogP contribution in [0.2, 0.25) is 0 Å². The summed E-state index contributed by atoms with van der Waals surface area (Å²) >= 11 is 1.68. The van der Waals surface area contributed by atoms with Crippen molar-refractivity contribution >= 4 is 11.8 Å². The highest BCUT2D eigenvalue weighted by Gasteiger charge is 2.10. The van der Waals surface area contributed by atoms with Crippen LogP contribution in [0.5, 0.6) is 5.75 Å². The standard InChI is InChI=1S/C20H23N3OS/c1-3-17-10-7-11-19(14-17)24-12-13-25-20-22-21-16(2)23(20)15-18-8-5-4-6-9-18/h4-11,14H,3,12-13,15H2,1-2H3. The molecule has 5 heteroatoms. The van der Waals surface area contributed by atoms with Crippen LogP contribution in [0.1, 0.15) is 23.9 Å². The van der Waals surface area contributed by atoms with E-state index in [1.54, 1.807) is 11.8 Å². The van der Waals surface area contributed by atoms with E-state index < -0.39 is 0 Å². The molecule has 0 saturated heterocycles. The lowest BCUT2D eigenvalue weighted by Crippen LogP contribution is -2.06. The van der Waals surface area contributed by atoms with E-state index in [1.165, 1.54) is 11.1 Å². The quantitative estimate of drug-likeness (QED) is 0.445. The maximum Gasteiger partial charge on any atom is 0.191 e. The minimum Gasteiger partial charge on any atom is -0.493 e. The Morgan fingerprint density at radius 1 is 1.00 bits per heavy atom. The molecule has 0 unspecified atom stereocenters. The summed E-state index contributed by atoms with van der Waals surface area (Å²) in [5.74, 6) is 2.70. The van der Waals surface area contributed by atoms with Crippen LogP contribution < -0.4 is 4.74 Å². The van der Waals surface area contributed by atoms with Gasteiger partial charge in [-0.05, 0) is 36.6 Å². The summed E-state index contributed by atoms with van der Waals surface area (Å²) in [6.07, 6.45) is 1.02. The Hall–Kier alpha value is -2.27. The maximum absolute atomic E-state index is 5.86. The normalized spacial score (nSPS) is 10.8. The molecular weight excluding hydrogens is 330 g/mol. The molecule has 4 nitrogen and oxygen atoms in total. The lowest BCUT2D eigenvalue weighted by atomic mass is 10.2. The summed E-state index contributed by atoms with van der Waals surface area (Å²) < 4.78 is 8.01. The third kappa shape index (κ3) is 4.86. The second-order valence-electron chi connectivity index (χ2n) is 5.80. The lowest BCUT2D eigenvalue weighted by Gasteiger charge is -2.09. The van der Waals surface area contributed by atoms with Crippen LogP contribution in [0, 0.1) is 6.92 Å². The average Bonchev–Trinajstić information content (AvgIpc) is 3.00. The molecule has 1 heterocycles. The summed E-state index contributed by atoms with van der Waals surface area (Å²) in [6, 6.07) is 18.7. The van der Waals surface area contributed by atoms with Gasteiger partial charge < -0.3 is 9.30 Å². The SMILES string of the molecule is CCc1cccc(OCCSc2nnc(C)n2Cc2ccccc2)c1. The smallest absolute Gasteiger partial charge is 0.191 e. The van der Waals surface area contributed by atoms with Crippen molar-refractivity contribution in [3.63, 3.8) is 0 Å². The Labute approximate surface area is 153 Å². The number of thioether (sulfide) groups is 1. The highest BCUT2D eigenvalue weighted by Crippen LogP contribution is 2.19. The fourth-order valence-corrected chi connectivity index (χ4v) is 3.36. The van der Waals surface area contributed by atoms with Gasteiger partial charge in [0.25, 0.3) is 0 Å². The zero-order valence-electron chi connectivity index (χ0n) is 14.7. The summed E-state index contributed by atoms with van der Waals surface area (Å²) in [7, 11) is 0. The molecule has 1 aromatic heterocycles. The maximum atomic E-state index is 5.86. The second kappa shape index (κ2) is 8.72. The van der Waals surface area contributed by atoms with Gasteiger partial charge in [-0.2, -0.15) is 0 Å². The molecule has 0 spiro atoms. The summed E-state index contributed by atoms with van der Waals surface area (Å²) in [4.78, 5) is 0. The van der Waals surface area contributed by atoms with Crippen molar-refractivity contribution in [2.75, 3.05) is 12.4 Å². The van der Waals surface area contributed by atoms with Crippen LogP contribution in [0.3, 0.4) is 0 Å². The van der Waals surface area contributed by atoms with Gasteiger partial charge in [-0.25, -0.2) is 0 Å². The molecule has 0 fully saturated rings. The third-order valence-corrected chi connectivity index (χ3v) is 4.91. The molecule has 25 heavy (non-hydrogen) atoms. The molecular formula is C20H23N3OS. The van der Waals surface area contributed by atoms with Gasteiger partial charge in [0.15, 0.2) is 5.16 Å². The van der Waals surface area contributed by atoms with Gasteiger partial charge >= 0.3 is 0 Å². The van der Waals surface area contributed by atoms with E-state index in [9.17, 15) is 0 Å². The highest BCUT2D eigenvalue weighted by atomic mass is 32.2. The van der Waals surface area contributed by atoms with E-state index in [0.717, 1.165) is 35.4 Å². The highest BCUT2D eigenvalue weighted by molar-refractivity contribution is 7.99. The Morgan fingerprint density at radius 3 is 2.60 bits per heavy atom. The lowest BCUT2D eigenvalue weighted by molar-refractivity contribution is 0.343. The van der Waals surface area contributed by atoms with E-state index in [0.29, 0.717) is 6.61 Å². The first-order valence-electron chi connectivity index (χ1n) is 8.54. The van der Waals surface area contributed by atoms with Crippen molar-refractivity contribution < 1.29 is 4.74 Å². The minimum absolute atomic E-state index is 0.648. The number of nitrogens with zero attached hydrogens (tertiary/aromatic N) is 3. The summed E-state index contributed by atoms with van der Waals surface area (Å²) in [5.41, 5.74) is 2.54. The van der Waals surface area contributed by atoms with Gasteiger partial charge in [-0.15, -0.1) is 10.2 Å². The number of rotatable bonds is 8. The van der Waals surface area contributed by atoms with Crippen molar-refractivity contribution in [1.82, 2.24) is 14.8 Å². The Balaban J connectivity index is 1.55. The topological polar surface area (TPSA) is 39.9 Å². The Bertz CT molecular complexity index is 802. The van der Waals surface area contributed by atoms with E-state index in [2.05, 4.69) is 58.1 Å². The first-order valence-corrected chi connectivity index (χ1v) is 9.53. The Kier molecular flexibility index (Phi) is 6.12.